The minimum atomic E-state index is 0.0675. The predicted octanol–water partition coefficient (Wildman–Crippen LogP) is 6.18. The Kier molecular flexibility index (Phi) is 8.98. The number of nitrogens with one attached hydrogen (secondary N) is 1. The maximum atomic E-state index is 6.30. The molecular formula is C28H31N5O4S. The molecule has 4 rings (SSSR count). The van der Waals surface area contributed by atoms with E-state index in [2.05, 4.69) is 64.7 Å². The minimum absolute atomic E-state index is 0.0675. The highest BCUT2D eigenvalue weighted by molar-refractivity contribution is 8.00. The molecular weight excluding hydrogens is 502 g/mol. The van der Waals surface area contributed by atoms with Gasteiger partial charge in [-0.25, -0.2) is 15.0 Å². The normalized spacial score (nSPS) is 11.2. The van der Waals surface area contributed by atoms with Gasteiger partial charge < -0.3 is 23.7 Å². The van der Waals surface area contributed by atoms with Crippen LogP contribution in [0.25, 0.3) is 11.6 Å². The largest absolute Gasteiger partial charge is 0.493 e. The van der Waals surface area contributed by atoms with Crippen molar-refractivity contribution in [3.05, 3.63) is 72.6 Å². The van der Waals surface area contributed by atoms with Gasteiger partial charge in [0.2, 0.25) is 11.6 Å². The number of methoxy groups -OCH3 is 2. The van der Waals surface area contributed by atoms with E-state index in [0.717, 1.165) is 4.90 Å². The zero-order chi connectivity index (χ0) is 27.0. The molecule has 0 aliphatic rings. The summed E-state index contributed by atoms with van der Waals surface area (Å²) in [7, 11) is 3.19. The third-order valence-corrected chi connectivity index (χ3v) is 6.20. The fourth-order valence-corrected chi connectivity index (χ4v) is 3.99. The lowest BCUT2D eigenvalue weighted by Gasteiger charge is -2.19. The van der Waals surface area contributed by atoms with Crippen molar-refractivity contribution in [2.75, 3.05) is 32.2 Å². The monoisotopic (exact) mass is 533 g/mol. The van der Waals surface area contributed by atoms with Gasteiger partial charge in [0.25, 0.3) is 5.88 Å². The second-order valence-electron chi connectivity index (χ2n) is 9.18. The van der Waals surface area contributed by atoms with Crippen LogP contribution in [0.5, 0.6) is 23.1 Å². The molecule has 0 aliphatic heterocycles. The van der Waals surface area contributed by atoms with Crippen molar-refractivity contribution in [1.82, 2.24) is 19.9 Å². The topological polar surface area (TPSA) is 101 Å². The highest BCUT2D eigenvalue weighted by Crippen LogP contribution is 2.42. The SMILES string of the molecule is COCCOc1nc(-c2ncccn2)nc(NSc2ccc(C(C)(C)C)cc2)c1Oc1ccccc1OC. The van der Waals surface area contributed by atoms with E-state index in [-0.39, 0.29) is 23.7 Å². The van der Waals surface area contributed by atoms with Crippen molar-refractivity contribution >= 4 is 17.8 Å². The number of hydrogen-bond donors (Lipinski definition) is 1. The summed E-state index contributed by atoms with van der Waals surface area (Å²) in [4.78, 5) is 18.9. The van der Waals surface area contributed by atoms with Crippen LogP contribution >= 0.6 is 11.9 Å². The molecule has 0 amide bonds. The molecule has 198 valence electrons. The summed E-state index contributed by atoms with van der Waals surface area (Å²) in [5.74, 6) is 2.60. The zero-order valence-corrected chi connectivity index (χ0v) is 22.9. The lowest BCUT2D eigenvalue weighted by molar-refractivity contribution is 0.142. The Labute approximate surface area is 227 Å². The third-order valence-electron chi connectivity index (χ3n) is 5.39. The van der Waals surface area contributed by atoms with E-state index >= 15 is 0 Å². The first-order chi connectivity index (χ1) is 18.4. The predicted molar refractivity (Wildman–Crippen MR) is 148 cm³/mol. The van der Waals surface area contributed by atoms with E-state index in [0.29, 0.717) is 35.5 Å². The molecule has 2 heterocycles. The van der Waals surface area contributed by atoms with Crippen molar-refractivity contribution in [3.8, 4) is 34.8 Å². The lowest BCUT2D eigenvalue weighted by Crippen LogP contribution is -2.10. The van der Waals surface area contributed by atoms with Gasteiger partial charge in [-0.05, 0) is 53.3 Å². The standard InChI is InChI=1S/C28H31N5O4S/c1-28(2,3)19-11-13-20(14-12-19)38-33-24-23(37-22-10-7-6-9-21(22)35-5)27(36-18-17-34-4)32-26(31-24)25-29-15-8-16-30-25/h6-16H,17-18H2,1-5H3,(H,31,32,33). The average molecular weight is 534 g/mol. The summed E-state index contributed by atoms with van der Waals surface area (Å²) in [5.41, 5.74) is 1.32. The Morgan fingerprint density at radius 1 is 0.816 bits per heavy atom. The van der Waals surface area contributed by atoms with Crippen LogP contribution in [0.15, 0.2) is 71.9 Å². The Balaban J connectivity index is 1.74. The zero-order valence-electron chi connectivity index (χ0n) is 22.1. The molecule has 10 heteroatoms. The summed E-state index contributed by atoms with van der Waals surface area (Å²) in [6.07, 6.45) is 3.27. The molecule has 2 aromatic heterocycles. The Morgan fingerprint density at radius 3 is 2.18 bits per heavy atom. The molecule has 0 radical (unpaired) electrons. The molecule has 0 unspecified atom stereocenters. The van der Waals surface area contributed by atoms with Crippen LogP contribution < -0.4 is 18.9 Å². The van der Waals surface area contributed by atoms with Gasteiger partial charge in [-0.3, -0.25) is 0 Å². The smallest absolute Gasteiger partial charge is 0.263 e. The molecule has 0 fully saturated rings. The first-order valence-electron chi connectivity index (χ1n) is 12.0. The van der Waals surface area contributed by atoms with Crippen LogP contribution in [-0.4, -0.2) is 47.4 Å². The number of aromatic nitrogens is 4. The molecule has 0 spiro atoms. The molecule has 9 nitrogen and oxygen atoms in total. The molecule has 0 saturated heterocycles. The number of para-hydroxylation sites is 2. The third kappa shape index (κ3) is 6.90. The molecule has 38 heavy (non-hydrogen) atoms. The first-order valence-corrected chi connectivity index (χ1v) is 12.9. The van der Waals surface area contributed by atoms with Gasteiger partial charge in [0.1, 0.15) is 6.61 Å². The van der Waals surface area contributed by atoms with Gasteiger partial charge >= 0.3 is 0 Å². The van der Waals surface area contributed by atoms with E-state index in [1.165, 1.54) is 17.5 Å². The van der Waals surface area contributed by atoms with Crippen molar-refractivity contribution in [2.24, 2.45) is 0 Å². The van der Waals surface area contributed by atoms with Crippen LogP contribution in [0.2, 0.25) is 0 Å². The fourth-order valence-electron chi connectivity index (χ4n) is 3.37. The van der Waals surface area contributed by atoms with E-state index in [9.17, 15) is 0 Å². The van der Waals surface area contributed by atoms with Crippen molar-refractivity contribution in [2.45, 2.75) is 31.1 Å². The number of hydrogen-bond acceptors (Lipinski definition) is 10. The number of nitrogens with zero attached hydrogens (tertiary/aromatic N) is 4. The molecule has 0 saturated carbocycles. The number of ether oxygens (including phenoxy) is 4. The van der Waals surface area contributed by atoms with Gasteiger partial charge in [0.05, 0.1) is 13.7 Å². The molecule has 1 N–H and O–H groups in total. The van der Waals surface area contributed by atoms with Gasteiger partial charge in [-0.1, -0.05) is 45.0 Å². The lowest BCUT2D eigenvalue weighted by atomic mass is 9.87. The summed E-state index contributed by atoms with van der Waals surface area (Å²) in [6.45, 7) is 7.19. The Bertz CT molecular complexity index is 1330. The summed E-state index contributed by atoms with van der Waals surface area (Å²) in [6, 6.07) is 17.4. The summed E-state index contributed by atoms with van der Waals surface area (Å²) < 4.78 is 26.3. The Morgan fingerprint density at radius 2 is 1.53 bits per heavy atom. The molecule has 4 aromatic rings. The van der Waals surface area contributed by atoms with E-state index in [1.807, 2.05) is 18.2 Å². The van der Waals surface area contributed by atoms with Crippen molar-refractivity contribution in [1.29, 1.82) is 0 Å². The highest BCUT2D eigenvalue weighted by Gasteiger charge is 2.22. The van der Waals surface area contributed by atoms with Gasteiger partial charge in [-0.2, -0.15) is 4.98 Å². The van der Waals surface area contributed by atoms with Gasteiger partial charge in [-0.15, -0.1) is 0 Å². The van der Waals surface area contributed by atoms with Crippen LogP contribution in [-0.2, 0) is 10.2 Å². The van der Waals surface area contributed by atoms with Gasteiger partial charge in [0, 0.05) is 24.4 Å². The maximum absolute atomic E-state index is 6.30. The average Bonchev–Trinajstić information content (AvgIpc) is 2.93. The van der Waals surface area contributed by atoms with E-state index < -0.39 is 0 Å². The molecule has 0 aliphatic carbocycles. The van der Waals surface area contributed by atoms with E-state index in [4.69, 9.17) is 23.9 Å². The number of rotatable bonds is 11. The second-order valence-corrected chi connectivity index (χ2v) is 10.1. The minimum Gasteiger partial charge on any atom is -0.493 e. The molecule has 0 atom stereocenters. The molecule has 2 aromatic carbocycles. The van der Waals surface area contributed by atoms with Gasteiger partial charge in [0.15, 0.2) is 23.1 Å². The number of benzene rings is 2. The highest BCUT2D eigenvalue weighted by atomic mass is 32.2. The molecule has 0 bridgehead atoms. The second kappa shape index (κ2) is 12.6. The van der Waals surface area contributed by atoms with Crippen LogP contribution in [0, 0.1) is 0 Å². The van der Waals surface area contributed by atoms with E-state index in [1.54, 1.807) is 38.7 Å². The van der Waals surface area contributed by atoms with Crippen LogP contribution in [0.3, 0.4) is 0 Å². The number of anilines is 1. The van der Waals surface area contributed by atoms with Crippen molar-refractivity contribution in [3.63, 3.8) is 0 Å². The van der Waals surface area contributed by atoms with Crippen LogP contribution in [0.4, 0.5) is 5.82 Å². The first kappa shape index (κ1) is 27.2. The Hall–Kier alpha value is -3.89. The summed E-state index contributed by atoms with van der Waals surface area (Å²) in [5, 5.41) is 0. The van der Waals surface area contributed by atoms with Crippen LogP contribution in [0.1, 0.15) is 26.3 Å². The van der Waals surface area contributed by atoms with Crippen molar-refractivity contribution < 1.29 is 18.9 Å². The quantitative estimate of drug-likeness (QED) is 0.178. The fraction of sp³-hybridized carbons (Fsp3) is 0.286. The maximum Gasteiger partial charge on any atom is 0.263 e. The summed E-state index contributed by atoms with van der Waals surface area (Å²) >= 11 is 1.40.